The second-order valence-corrected chi connectivity index (χ2v) is 7.28. The molecule has 0 heterocycles. The lowest BCUT2D eigenvalue weighted by Crippen LogP contribution is -1.98. The Morgan fingerprint density at radius 2 is 1.26 bits per heavy atom. The van der Waals surface area contributed by atoms with Gasteiger partial charge in [0.25, 0.3) is 0 Å². The third kappa shape index (κ3) is 9.78. The van der Waals surface area contributed by atoms with Gasteiger partial charge in [-0.15, -0.1) is 11.6 Å². The van der Waals surface area contributed by atoms with E-state index in [-0.39, 0.29) is 29.9 Å². The number of hydrogen-bond acceptors (Lipinski definition) is 4. The van der Waals surface area contributed by atoms with Gasteiger partial charge in [0.05, 0.1) is 5.88 Å². The van der Waals surface area contributed by atoms with Gasteiger partial charge >= 0.3 is 0 Å². The third-order valence-corrected chi connectivity index (χ3v) is 4.74. The van der Waals surface area contributed by atoms with Crippen molar-refractivity contribution >= 4 is 24.2 Å². The summed E-state index contributed by atoms with van der Waals surface area (Å²) in [7, 11) is 0. The van der Waals surface area contributed by atoms with Gasteiger partial charge in [-0.05, 0) is 36.4 Å². The van der Waals surface area contributed by atoms with Crippen LogP contribution in [0.3, 0.4) is 0 Å². The van der Waals surface area contributed by atoms with Crippen LogP contribution < -0.4 is 4.74 Å². The lowest BCUT2D eigenvalue weighted by molar-refractivity contribution is 0.111. The zero-order valence-corrected chi connectivity index (χ0v) is 19.4. The lowest BCUT2D eigenvalue weighted by atomic mass is 10.2. The molecule has 0 aliphatic rings. The predicted octanol–water partition coefficient (Wildman–Crippen LogP) is 6.99. The molecule has 0 saturated carbocycles. The van der Waals surface area contributed by atoms with Crippen molar-refractivity contribution in [2.24, 2.45) is 0 Å². The highest BCUT2D eigenvalue weighted by Crippen LogP contribution is 2.15. The summed E-state index contributed by atoms with van der Waals surface area (Å²) in [6.07, 6.45) is 1.44. The molecule has 0 unspecified atom stereocenters. The van der Waals surface area contributed by atoms with Gasteiger partial charge in [0.1, 0.15) is 42.3 Å². The van der Waals surface area contributed by atoms with Gasteiger partial charge in [0.15, 0.2) is 0 Å². The minimum absolute atomic E-state index is 0.125. The molecule has 0 aromatic heterocycles. The van der Waals surface area contributed by atoms with Crippen molar-refractivity contribution in [3.05, 3.63) is 131 Å². The molecule has 180 valence electrons. The molecule has 7 heteroatoms. The van der Waals surface area contributed by atoms with Crippen LogP contribution in [0, 0.1) is 11.6 Å². The van der Waals surface area contributed by atoms with Gasteiger partial charge in [-0.3, -0.25) is 9.59 Å². The molecule has 0 bridgehead atoms. The van der Waals surface area contributed by atoms with Crippen LogP contribution in [0.5, 0.6) is 11.5 Å². The quantitative estimate of drug-likeness (QED) is 0.231. The first-order chi connectivity index (χ1) is 17.0. The SMILES string of the molecule is Fc1ccccc1CCl.O=Cc1cccc(O)c1.O=Cc1cccc(OCc2ccccc2F)c1. The minimum Gasteiger partial charge on any atom is -0.508 e. The summed E-state index contributed by atoms with van der Waals surface area (Å²) in [5.41, 5.74) is 2.08. The Morgan fingerprint density at radius 3 is 1.74 bits per heavy atom. The van der Waals surface area contributed by atoms with Crippen molar-refractivity contribution in [3.63, 3.8) is 0 Å². The Labute approximate surface area is 207 Å². The van der Waals surface area contributed by atoms with Crippen LogP contribution in [0.4, 0.5) is 8.78 Å². The molecule has 35 heavy (non-hydrogen) atoms. The van der Waals surface area contributed by atoms with Crippen LogP contribution in [0.1, 0.15) is 31.8 Å². The fourth-order valence-electron chi connectivity index (χ4n) is 2.66. The summed E-state index contributed by atoms with van der Waals surface area (Å²) < 4.78 is 31.2. The normalized spacial score (nSPS) is 9.57. The molecule has 4 rings (SSSR count). The van der Waals surface area contributed by atoms with Crippen molar-refractivity contribution in [1.29, 1.82) is 0 Å². The molecule has 0 fully saturated rings. The van der Waals surface area contributed by atoms with Crippen LogP contribution >= 0.6 is 11.6 Å². The van der Waals surface area contributed by atoms with Gasteiger partial charge in [-0.2, -0.15) is 0 Å². The monoisotopic (exact) mass is 496 g/mol. The maximum Gasteiger partial charge on any atom is 0.150 e. The molecule has 0 amide bonds. The van der Waals surface area contributed by atoms with Crippen molar-refractivity contribution in [3.8, 4) is 11.5 Å². The third-order valence-electron chi connectivity index (χ3n) is 4.45. The largest absolute Gasteiger partial charge is 0.508 e. The smallest absolute Gasteiger partial charge is 0.150 e. The number of benzene rings is 4. The molecule has 0 radical (unpaired) electrons. The van der Waals surface area contributed by atoms with Gasteiger partial charge in [-0.1, -0.05) is 60.7 Å². The molecule has 0 atom stereocenters. The summed E-state index contributed by atoms with van der Waals surface area (Å²) in [6, 6.07) is 25.9. The number of aldehydes is 2. The molecule has 4 aromatic carbocycles. The number of carbonyl (C=O) groups is 2. The highest BCUT2D eigenvalue weighted by molar-refractivity contribution is 6.17. The van der Waals surface area contributed by atoms with Gasteiger partial charge in [-0.25, -0.2) is 8.78 Å². The molecule has 0 aliphatic heterocycles. The van der Waals surface area contributed by atoms with Crippen LogP contribution in [-0.2, 0) is 12.5 Å². The second-order valence-electron chi connectivity index (χ2n) is 7.01. The Bertz CT molecular complexity index is 1230. The van der Waals surface area contributed by atoms with E-state index >= 15 is 0 Å². The van der Waals surface area contributed by atoms with E-state index in [0.29, 0.717) is 34.3 Å². The van der Waals surface area contributed by atoms with Crippen LogP contribution in [0.25, 0.3) is 0 Å². The summed E-state index contributed by atoms with van der Waals surface area (Å²) in [6.45, 7) is 0.148. The molecule has 4 aromatic rings. The number of halogens is 3. The highest BCUT2D eigenvalue weighted by atomic mass is 35.5. The Balaban J connectivity index is 0.000000203. The number of carbonyl (C=O) groups excluding carboxylic acids is 2. The van der Waals surface area contributed by atoms with E-state index in [4.69, 9.17) is 21.4 Å². The van der Waals surface area contributed by atoms with E-state index < -0.39 is 0 Å². The Morgan fingerprint density at radius 1 is 0.714 bits per heavy atom. The maximum absolute atomic E-state index is 13.3. The number of phenolic OH excluding ortho intramolecular Hbond substituents is 1. The number of ether oxygens (including phenoxy) is 1. The molecule has 0 spiro atoms. The Kier molecular flexibility index (Phi) is 11.7. The summed E-state index contributed by atoms with van der Waals surface area (Å²) in [4.78, 5) is 20.6. The molecule has 0 aliphatic carbocycles. The second kappa shape index (κ2) is 15.0. The number of phenols is 1. The fourth-order valence-corrected chi connectivity index (χ4v) is 2.88. The van der Waals surface area contributed by atoms with Gasteiger partial charge < -0.3 is 9.84 Å². The first kappa shape index (κ1) is 27.2. The van der Waals surface area contributed by atoms with Gasteiger partial charge in [0.2, 0.25) is 0 Å². The fraction of sp³-hybridized carbons (Fsp3) is 0.0714. The first-order valence-electron chi connectivity index (χ1n) is 10.4. The number of aromatic hydroxyl groups is 1. The van der Waals surface area contributed by atoms with E-state index in [1.165, 1.54) is 24.3 Å². The van der Waals surface area contributed by atoms with Crippen molar-refractivity contribution < 1.29 is 28.2 Å². The van der Waals surface area contributed by atoms with Crippen molar-refractivity contribution in [2.75, 3.05) is 0 Å². The molecular formula is C28H23ClF2O4. The van der Waals surface area contributed by atoms with Gasteiger partial charge in [0, 0.05) is 22.3 Å². The summed E-state index contributed by atoms with van der Waals surface area (Å²) >= 11 is 5.39. The first-order valence-corrected chi connectivity index (χ1v) is 10.9. The van der Waals surface area contributed by atoms with Crippen molar-refractivity contribution in [2.45, 2.75) is 12.5 Å². The molecule has 1 N–H and O–H groups in total. The van der Waals surface area contributed by atoms with Crippen LogP contribution in [0.15, 0.2) is 97.1 Å². The van der Waals surface area contributed by atoms with E-state index in [2.05, 4.69) is 0 Å². The zero-order chi connectivity index (χ0) is 25.5. The molecule has 0 saturated heterocycles. The summed E-state index contributed by atoms with van der Waals surface area (Å²) in [5, 5.41) is 8.79. The predicted molar refractivity (Wildman–Crippen MR) is 132 cm³/mol. The van der Waals surface area contributed by atoms with E-state index in [0.717, 1.165) is 6.29 Å². The summed E-state index contributed by atoms with van der Waals surface area (Å²) in [5.74, 6) is 0.399. The molecule has 4 nitrogen and oxygen atoms in total. The maximum atomic E-state index is 13.3. The van der Waals surface area contributed by atoms with E-state index in [1.54, 1.807) is 72.8 Å². The average molecular weight is 497 g/mol. The standard InChI is InChI=1S/C14H11FO2.C7H6ClF.C7H6O2/c15-14-7-2-1-5-12(14)10-17-13-6-3-4-11(8-13)9-16;8-5-6-3-1-2-4-7(6)9;8-5-6-2-1-3-7(9)4-6/h1-9H,10H2;1-4H,5H2;1-5,9H. The van der Waals surface area contributed by atoms with Crippen molar-refractivity contribution in [1.82, 2.24) is 0 Å². The van der Waals surface area contributed by atoms with Crippen LogP contribution in [0.2, 0.25) is 0 Å². The molecular weight excluding hydrogens is 474 g/mol. The number of hydrogen-bond donors (Lipinski definition) is 1. The van der Waals surface area contributed by atoms with E-state index in [9.17, 15) is 18.4 Å². The highest BCUT2D eigenvalue weighted by Gasteiger charge is 2.02. The number of rotatable bonds is 6. The van der Waals surface area contributed by atoms with Crippen LogP contribution in [-0.4, -0.2) is 17.7 Å². The lowest BCUT2D eigenvalue weighted by Gasteiger charge is -2.07. The van der Waals surface area contributed by atoms with E-state index in [1.807, 2.05) is 0 Å². The minimum atomic E-state index is -0.293. The topological polar surface area (TPSA) is 63.6 Å². The average Bonchev–Trinajstić information content (AvgIpc) is 2.89. The Hall–Kier alpha value is -4.03. The zero-order valence-electron chi connectivity index (χ0n) is 18.6. The number of alkyl halides is 1.